The van der Waals surface area contributed by atoms with Gasteiger partial charge < -0.3 is 12.4 Å². The zero-order chi connectivity index (χ0) is 22.0. The van der Waals surface area contributed by atoms with Gasteiger partial charge in [-0.05, 0) is 77.7 Å². The molecule has 0 atom stereocenters. The Morgan fingerprint density at radius 1 is 0.485 bits per heavy atom. The molecule has 5 rings (SSSR count). The highest BCUT2D eigenvalue weighted by Gasteiger charge is 2.45. The van der Waals surface area contributed by atoms with Crippen LogP contribution in [0.5, 0.6) is 0 Å². The number of hydrogen-bond donors (Lipinski definition) is 0. The van der Waals surface area contributed by atoms with Crippen LogP contribution in [0, 0.1) is 13.8 Å². The molecule has 0 spiro atoms. The second kappa shape index (κ2) is 9.92. The van der Waals surface area contributed by atoms with Crippen molar-refractivity contribution in [3.63, 3.8) is 0 Å². The third-order valence-electron chi connectivity index (χ3n) is 6.55. The molecule has 0 N–H and O–H groups in total. The van der Waals surface area contributed by atoms with Gasteiger partial charge in [0.25, 0.3) is 0 Å². The Hall–Kier alpha value is -2.92. The van der Waals surface area contributed by atoms with Gasteiger partial charge in [0.2, 0.25) is 0 Å². The fourth-order valence-corrected chi connectivity index (χ4v) is 9.29. The van der Waals surface area contributed by atoms with Crippen LogP contribution in [0.3, 0.4) is 0 Å². The Morgan fingerprint density at radius 3 is 1.42 bits per heavy atom. The molecule has 0 aliphatic rings. The van der Waals surface area contributed by atoms with Crippen molar-refractivity contribution in [1.82, 2.24) is 0 Å². The topological polar surface area (TPSA) is 0 Å². The summed E-state index contributed by atoms with van der Waals surface area (Å²) >= 11 is 0. The standard InChI is InChI=1S/C31H28P.ClH/c1-24-13-12-20-30-26(22-21-25(2)31(24)30)23-32(27-14-6-3-7-15-27,28-16-8-4-9-17-28)29-18-10-5-11-19-29;/h3-22H,23H2,1-2H3;1H/q+1;/p-1. The van der Waals surface area contributed by atoms with E-state index in [1.54, 1.807) is 0 Å². The molecular weight excluding hydrogens is 439 g/mol. The van der Waals surface area contributed by atoms with Crippen LogP contribution in [0.1, 0.15) is 16.7 Å². The first-order valence-corrected chi connectivity index (χ1v) is 13.2. The van der Waals surface area contributed by atoms with Crippen LogP contribution in [-0.4, -0.2) is 0 Å². The molecule has 0 saturated carbocycles. The van der Waals surface area contributed by atoms with Gasteiger partial charge in [0.15, 0.2) is 0 Å². The third kappa shape index (κ3) is 4.22. The molecule has 0 radical (unpaired) electrons. The Bertz CT molecular complexity index is 1240. The van der Waals surface area contributed by atoms with Gasteiger partial charge in [-0.2, -0.15) is 0 Å². The molecule has 0 aliphatic carbocycles. The quantitative estimate of drug-likeness (QED) is 0.344. The largest absolute Gasteiger partial charge is 1.00 e. The molecule has 2 heteroatoms. The summed E-state index contributed by atoms with van der Waals surface area (Å²) in [5.41, 5.74) is 4.13. The fraction of sp³-hybridized carbons (Fsp3) is 0.0968. The van der Waals surface area contributed by atoms with Gasteiger partial charge >= 0.3 is 0 Å². The Morgan fingerprint density at radius 2 is 0.939 bits per heavy atom. The van der Waals surface area contributed by atoms with Crippen molar-refractivity contribution in [2.24, 2.45) is 0 Å². The number of aryl methyl sites for hydroxylation is 2. The van der Waals surface area contributed by atoms with E-state index in [0.29, 0.717) is 0 Å². The van der Waals surface area contributed by atoms with E-state index in [9.17, 15) is 0 Å². The smallest absolute Gasteiger partial charge is 0.116 e. The summed E-state index contributed by atoms with van der Waals surface area (Å²) in [6.07, 6.45) is 1.01. The predicted molar refractivity (Wildman–Crippen MR) is 142 cm³/mol. The highest BCUT2D eigenvalue weighted by atomic mass is 35.5. The van der Waals surface area contributed by atoms with Crippen molar-refractivity contribution in [2.45, 2.75) is 20.0 Å². The van der Waals surface area contributed by atoms with Crippen LogP contribution in [-0.2, 0) is 6.16 Å². The Balaban J connectivity index is 0.00000259. The van der Waals surface area contributed by atoms with Crippen LogP contribution in [0.15, 0.2) is 121 Å². The fourth-order valence-electron chi connectivity index (χ4n) is 5.02. The van der Waals surface area contributed by atoms with Gasteiger partial charge in [-0.15, -0.1) is 0 Å². The Kier molecular flexibility index (Phi) is 6.99. The maximum atomic E-state index is 2.36. The molecular formula is C31H28ClP. The van der Waals surface area contributed by atoms with E-state index in [4.69, 9.17) is 0 Å². The molecule has 0 heterocycles. The molecule has 0 aromatic heterocycles. The van der Waals surface area contributed by atoms with Crippen molar-refractivity contribution in [3.05, 3.63) is 138 Å². The van der Waals surface area contributed by atoms with Gasteiger partial charge in [0.1, 0.15) is 23.2 Å². The maximum Gasteiger partial charge on any atom is 0.116 e. The SMILES string of the molecule is Cc1cccc2c(C[P+](c3ccccc3)(c3ccccc3)c3ccccc3)ccc(C)c12.[Cl-]. The molecule has 0 fully saturated rings. The van der Waals surface area contributed by atoms with Gasteiger partial charge in [-0.1, -0.05) is 84.9 Å². The summed E-state index contributed by atoms with van der Waals surface area (Å²) in [6, 6.07) is 44.9. The van der Waals surface area contributed by atoms with E-state index in [2.05, 4.69) is 135 Å². The van der Waals surface area contributed by atoms with Gasteiger partial charge in [-0.25, -0.2) is 0 Å². The first-order valence-electron chi connectivity index (χ1n) is 11.2. The van der Waals surface area contributed by atoms with Gasteiger partial charge in [0.05, 0.1) is 6.16 Å². The summed E-state index contributed by atoms with van der Waals surface area (Å²) < 4.78 is 0. The first kappa shape index (κ1) is 23.2. The highest BCUT2D eigenvalue weighted by Crippen LogP contribution is 2.58. The van der Waals surface area contributed by atoms with Crippen molar-refractivity contribution < 1.29 is 12.4 Å². The lowest BCUT2D eigenvalue weighted by Crippen LogP contribution is -3.00. The minimum absolute atomic E-state index is 0. The van der Waals surface area contributed by atoms with Crippen LogP contribution >= 0.6 is 7.26 Å². The number of rotatable bonds is 5. The monoisotopic (exact) mass is 466 g/mol. The lowest BCUT2D eigenvalue weighted by Gasteiger charge is -2.28. The minimum atomic E-state index is -1.91. The zero-order valence-electron chi connectivity index (χ0n) is 19.1. The molecule has 0 amide bonds. The average molecular weight is 467 g/mol. The molecule has 164 valence electrons. The van der Waals surface area contributed by atoms with E-state index >= 15 is 0 Å². The molecule has 0 nitrogen and oxygen atoms in total. The molecule has 5 aromatic rings. The lowest BCUT2D eigenvalue weighted by molar-refractivity contribution is -0.00000628. The van der Waals surface area contributed by atoms with Gasteiger partial charge in [-0.3, -0.25) is 0 Å². The van der Waals surface area contributed by atoms with E-state index in [1.165, 1.54) is 43.4 Å². The zero-order valence-corrected chi connectivity index (χ0v) is 20.7. The van der Waals surface area contributed by atoms with Crippen molar-refractivity contribution in [3.8, 4) is 0 Å². The molecule has 0 bridgehead atoms. The summed E-state index contributed by atoms with van der Waals surface area (Å²) in [6.45, 7) is 4.46. The second-order valence-electron chi connectivity index (χ2n) is 8.51. The van der Waals surface area contributed by atoms with E-state index in [0.717, 1.165) is 6.16 Å². The number of fused-ring (bicyclic) bond motifs is 1. The minimum Gasteiger partial charge on any atom is -1.00 e. The van der Waals surface area contributed by atoms with E-state index in [-0.39, 0.29) is 12.4 Å². The molecule has 5 aromatic carbocycles. The predicted octanol–water partition coefficient (Wildman–Crippen LogP) is 3.95. The van der Waals surface area contributed by atoms with Crippen molar-refractivity contribution in [2.75, 3.05) is 0 Å². The molecule has 0 unspecified atom stereocenters. The summed E-state index contributed by atoms with van der Waals surface area (Å²) in [7, 11) is -1.91. The molecule has 0 saturated heterocycles. The Labute approximate surface area is 204 Å². The van der Waals surface area contributed by atoms with Crippen molar-refractivity contribution in [1.29, 1.82) is 0 Å². The average Bonchev–Trinajstić information content (AvgIpc) is 2.85. The number of hydrogen-bond acceptors (Lipinski definition) is 0. The van der Waals surface area contributed by atoms with Crippen LogP contribution < -0.4 is 28.3 Å². The van der Waals surface area contributed by atoms with Gasteiger partial charge in [0, 0.05) is 0 Å². The highest BCUT2D eigenvalue weighted by molar-refractivity contribution is 7.95. The summed E-state index contributed by atoms with van der Waals surface area (Å²) in [5, 5.41) is 7.07. The van der Waals surface area contributed by atoms with E-state index < -0.39 is 7.26 Å². The molecule has 0 aliphatic heterocycles. The molecule has 33 heavy (non-hydrogen) atoms. The third-order valence-corrected chi connectivity index (χ3v) is 10.9. The van der Waals surface area contributed by atoms with Crippen molar-refractivity contribution >= 4 is 33.9 Å². The summed E-state index contributed by atoms with van der Waals surface area (Å²) in [4.78, 5) is 0. The second-order valence-corrected chi connectivity index (χ2v) is 12.0. The van der Waals surface area contributed by atoms with E-state index in [1.807, 2.05) is 0 Å². The summed E-state index contributed by atoms with van der Waals surface area (Å²) in [5.74, 6) is 0. The number of halogens is 1. The normalized spacial score (nSPS) is 11.2. The maximum absolute atomic E-state index is 2.36. The lowest BCUT2D eigenvalue weighted by atomic mass is 9.97. The first-order chi connectivity index (χ1) is 15.7. The van der Waals surface area contributed by atoms with Crippen LogP contribution in [0.25, 0.3) is 10.8 Å². The van der Waals surface area contributed by atoms with Crippen LogP contribution in [0.4, 0.5) is 0 Å². The number of benzene rings is 5. The van der Waals surface area contributed by atoms with Crippen LogP contribution in [0.2, 0.25) is 0 Å².